The summed E-state index contributed by atoms with van der Waals surface area (Å²) in [6.07, 6.45) is 1.70. The van der Waals surface area contributed by atoms with Crippen LogP contribution in [-0.4, -0.2) is 17.1 Å². The third-order valence-corrected chi connectivity index (χ3v) is 2.72. The van der Waals surface area contributed by atoms with Gasteiger partial charge in [0, 0.05) is 10.0 Å². The number of hydrogen-bond donors (Lipinski definition) is 2. The maximum absolute atomic E-state index is 5.52. The highest BCUT2D eigenvalue weighted by Gasteiger charge is 2.06. The fourth-order valence-electron chi connectivity index (χ4n) is 1.31. The molecule has 0 aliphatic rings. The predicted molar refractivity (Wildman–Crippen MR) is 62.7 cm³/mol. The molecule has 0 amide bonds. The highest BCUT2D eigenvalue weighted by molar-refractivity contribution is 9.10. The number of H-pyrrole nitrogens is 1. The van der Waals surface area contributed by atoms with Gasteiger partial charge in [-0.25, -0.2) is 4.98 Å². The Morgan fingerprint density at radius 3 is 2.80 bits per heavy atom. The number of benzene rings is 1. The number of nitrogens with zero attached hydrogens (tertiary/aromatic N) is 1. The van der Waals surface area contributed by atoms with Gasteiger partial charge in [-0.3, -0.25) is 0 Å². The summed E-state index contributed by atoms with van der Waals surface area (Å²) in [6, 6.07) is 5.72. The summed E-state index contributed by atoms with van der Waals surface area (Å²) in [5.41, 5.74) is 7.39. The molecule has 0 fully saturated rings. The van der Waals surface area contributed by atoms with Gasteiger partial charge in [0.2, 0.25) is 0 Å². The molecule has 3 N–H and O–H groups in total. The van der Waals surface area contributed by atoms with Crippen LogP contribution >= 0.6 is 15.9 Å². The summed E-state index contributed by atoms with van der Waals surface area (Å²) in [7, 11) is 1.63. The van der Waals surface area contributed by atoms with Gasteiger partial charge in [-0.2, -0.15) is 0 Å². The maximum atomic E-state index is 5.52. The Kier molecular flexibility index (Phi) is 2.64. The lowest BCUT2D eigenvalue weighted by Gasteiger charge is -2.04. The third kappa shape index (κ3) is 1.97. The summed E-state index contributed by atoms with van der Waals surface area (Å²) in [5.74, 6) is 1.21. The van der Waals surface area contributed by atoms with Crippen molar-refractivity contribution in [2.24, 2.45) is 0 Å². The number of imidazole rings is 1. The second kappa shape index (κ2) is 3.94. The van der Waals surface area contributed by atoms with Crippen LogP contribution in [0.15, 0.2) is 28.9 Å². The van der Waals surface area contributed by atoms with Gasteiger partial charge in [0.25, 0.3) is 0 Å². The van der Waals surface area contributed by atoms with Gasteiger partial charge in [0.1, 0.15) is 5.75 Å². The molecule has 0 unspecified atom stereocenters. The highest BCUT2D eigenvalue weighted by Crippen LogP contribution is 2.30. The normalized spacial score (nSPS) is 10.3. The van der Waals surface area contributed by atoms with E-state index in [0.717, 1.165) is 21.5 Å². The van der Waals surface area contributed by atoms with Crippen molar-refractivity contribution in [3.63, 3.8) is 0 Å². The summed E-state index contributed by atoms with van der Waals surface area (Å²) in [6.45, 7) is 0. The van der Waals surface area contributed by atoms with E-state index in [4.69, 9.17) is 10.5 Å². The van der Waals surface area contributed by atoms with Gasteiger partial charge in [-0.15, -0.1) is 0 Å². The molecule has 0 radical (unpaired) electrons. The quantitative estimate of drug-likeness (QED) is 0.879. The molecule has 0 atom stereocenters. The fourth-order valence-corrected chi connectivity index (χ4v) is 1.89. The van der Waals surface area contributed by atoms with E-state index in [-0.39, 0.29) is 0 Å². The molecule has 2 aromatic rings. The van der Waals surface area contributed by atoms with Gasteiger partial charge in [-0.1, -0.05) is 0 Å². The van der Waals surface area contributed by atoms with E-state index in [9.17, 15) is 0 Å². The SMILES string of the molecule is COc1ccc(-c2cnc(N)[nH]2)c(Br)c1. The summed E-state index contributed by atoms with van der Waals surface area (Å²) in [4.78, 5) is 6.91. The van der Waals surface area contributed by atoms with Crippen molar-refractivity contribution in [3.05, 3.63) is 28.9 Å². The highest BCUT2D eigenvalue weighted by atomic mass is 79.9. The fraction of sp³-hybridized carbons (Fsp3) is 0.100. The van der Waals surface area contributed by atoms with Crippen LogP contribution in [0.1, 0.15) is 0 Å². The third-order valence-electron chi connectivity index (χ3n) is 2.06. The van der Waals surface area contributed by atoms with Gasteiger partial charge in [0.05, 0.1) is 19.0 Å². The number of anilines is 1. The van der Waals surface area contributed by atoms with Crippen molar-refractivity contribution >= 4 is 21.9 Å². The molecule has 2 rings (SSSR count). The van der Waals surface area contributed by atoms with E-state index in [2.05, 4.69) is 25.9 Å². The van der Waals surface area contributed by atoms with Crippen LogP contribution in [0.5, 0.6) is 5.75 Å². The molecular formula is C10H10BrN3O. The van der Waals surface area contributed by atoms with Crippen LogP contribution < -0.4 is 10.5 Å². The molecule has 15 heavy (non-hydrogen) atoms. The molecule has 0 saturated heterocycles. The molecular weight excluding hydrogens is 258 g/mol. The van der Waals surface area contributed by atoms with Crippen molar-refractivity contribution in [2.45, 2.75) is 0 Å². The number of ether oxygens (including phenoxy) is 1. The Bertz CT molecular complexity index is 481. The van der Waals surface area contributed by atoms with Gasteiger partial charge in [0.15, 0.2) is 5.95 Å². The Labute approximate surface area is 95.6 Å². The predicted octanol–water partition coefficient (Wildman–Crippen LogP) is 2.43. The van der Waals surface area contributed by atoms with E-state index in [1.165, 1.54) is 0 Å². The molecule has 0 bridgehead atoms. The first-order valence-electron chi connectivity index (χ1n) is 4.35. The standard InChI is InChI=1S/C10H10BrN3O/c1-15-6-2-3-7(8(11)4-6)9-5-13-10(12)14-9/h2-5H,1H3,(H3,12,13,14). The molecule has 1 heterocycles. The minimum atomic E-state index is 0.410. The number of rotatable bonds is 2. The topological polar surface area (TPSA) is 63.9 Å². The largest absolute Gasteiger partial charge is 0.497 e. The molecule has 0 aliphatic carbocycles. The average molecular weight is 268 g/mol. The number of aromatic amines is 1. The number of methoxy groups -OCH3 is 1. The smallest absolute Gasteiger partial charge is 0.197 e. The van der Waals surface area contributed by atoms with Crippen LogP contribution in [0.2, 0.25) is 0 Å². The Hall–Kier alpha value is -1.49. The second-order valence-corrected chi connectivity index (χ2v) is 3.88. The van der Waals surface area contributed by atoms with Crippen molar-refractivity contribution in [1.29, 1.82) is 0 Å². The van der Waals surface area contributed by atoms with E-state index < -0.39 is 0 Å². The number of nitrogens with one attached hydrogen (secondary N) is 1. The number of nitrogens with two attached hydrogens (primary N) is 1. The van der Waals surface area contributed by atoms with Crippen LogP contribution in [0, 0.1) is 0 Å². The Morgan fingerprint density at radius 2 is 2.27 bits per heavy atom. The zero-order valence-corrected chi connectivity index (χ0v) is 9.71. The molecule has 0 spiro atoms. The van der Waals surface area contributed by atoms with Crippen molar-refractivity contribution < 1.29 is 4.74 Å². The van der Waals surface area contributed by atoms with E-state index in [1.54, 1.807) is 13.3 Å². The maximum Gasteiger partial charge on any atom is 0.197 e. The van der Waals surface area contributed by atoms with Crippen molar-refractivity contribution in [1.82, 2.24) is 9.97 Å². The molecule has 1 aromatic carbocycles. The number of hydrogen-bond acceptors (Lipinski definition) is 3. The molecule has 4 nitrogen and oxygen atoms in total. The van der Waals surface area contributed by atoms with Crippen LogP contribution in [-0.2, 0) is 0 Å². The lowest BCUT2D eigenvalue weighted by molar-refractivity contribution is 0.414. The summed E-state index contributed by atoms with van der Waals surface area (Å²) in [5, 5.41) is 0. The van der Waals surface area contributed by atoms with E-state index >= 15 is 0 Å². The molecule has 0 aliphatic heterocycles. The minimum Gasteiger partial charge on any atom is -0.497 e. The number of aromatic nitrogens is 2. The van der Waals surface area contributed by atoms with E-state index in [0.29, 0.717) is 5.95 Å². The monoisotopic (exact) mass is 267 g/mol. The van der Waals surface area contributed by atoms with Gasteiger partial charge < -0.3 is 15.5 Å². The first-order chi connectivity index (χ1) is 7.20. The summed E-state index contributed by atoms with van der Waals surface area (Å²) < 4.78 is 6.05. The lowest BCUT2D eigenvalue weighted by atomic mass is 10.2. The molecule has 0 saturated carbocycles. The number of nitrogen functional groups attached to an aromatic ring is 1. The second-order valence-electron chi connectivity index (χ2n) is 3.03. The van der Waals surface area contributed by atoms with Crippen LogP contribution in [0.4, 0.5) is 5.95 Å². The van der Waals surface area contributed by atoms with Gasteiger partial charge >= 0.3 is 0 Å². The lowest BCUT2D eigenvalue weighted by Crippen LogP contribution is -1.87. The zero-order valence-electron chi connectivity index (χ0n) is 8.12. The first-order valence-corrected chi connectivity index (χ1v) is 5.14. The molecule has 5 heteroatoms. The Balaban J connectivity index is 2.45. The average Bonchev–Trinajstić information content (AvgIpc) is 2.64. The van der Waals surface area contributed by atoms with Gasteiger partial charge in [-0.05, 0) is 34.1 Å². The zero-order chi connectivity index (χ0) is 10.8. The van der Waals surface area contributed by atoms with Crippen LogP contribution in [0.25, 0.3) is 11.3 Å². The number of halogens is 1. The van der Waals surface area contributed by atoms with E-state index in [1.807, 2.05) is 18.2 Å². The molecule has 1 aromatic heterocycles. The minimum absolute atomic E-state index is 0.410. The Morgan fingerprint density at radius 1 is 1.47 bits per heavy atom. The van der Waals surface area contributed by atoms with Crippen molar-refractivity contribution in [2.75, 3.05) is 12.8 Å². The molecule has 78 valence electrons. The van der Waals surface area contributed by atoms with Crippen LogP contribution in [0.3, 0.4) is 0 Å². The van der Waals surface area contributed by atoms with Crippen molar-refractivity contribution in [3.8, 4) is 17.0 Å². The first kappa shape index (κ1) is 10.0. The summed E-state index contributed by atoms with van der Waals surface area (Å²) >= 11 is 3.47.